The predicted molar refractivity (Wildman–Crippen MR) is 60.4 cm³/mol. The number of hydrogen-bond donors (Lipinski definition) is 3. The SMILES string of the molecule is CC(=O)NCCCNc1ncccc1N. The Labute approximate surface area is 89.1 Å². The molecule has 0 aliphatic carbocycles. The second-order valence-electron chi connectivity index (χ2n) is 3.20. The van der Waals surface area contributed by atoms with Crippen LogP contribution < -0.4 is 16.4 Å². The van der Waals surface area contributed by atoms with Gasteiger partial charge >= 0.3 is 0 Å². The smallest absolute Gasteiger partial charge is 0.216 e. The molecule has 1 heterocycles. The van der Waals surface area contributed by atoms with Crippen LogP contribution in [0.5, 0.6) is 0 Å². The zero-order chi connectivity index (χ0) is 11.1. The van der Waals surface area contributed by atoms with Gasteiger partial charge in [0.15, 0.2) is 0 Å². The van der Waals surface area contributed by atoms with Crippen LogP contribution in [-0.4, -0.2) is 24.0 Å². The fraction of sp³-hybridized carbons (Fsp3) is 0.400. The first-order valence-electron chi connectivity index (χ1n) is 4.89. The third kappa shape index (κ3) is 4.30. The second-order valence-corrected chi connectivity index (χ2v) is 3.20. The summed E-state index contributed by atoms with van der Waals surface area (Å²) in [6.45, 7) is 2.90. The van der Waals surface area contributed by atoms with Crippen LogP contribution in [0.1, 0.15) is 13.3 Å². The molecule has 1 amide bonds. The molecular weight excluding hydrogens is 192 g/mol. The number of aromatic nitrogens is 1. The molecule has 4 N–H and O–H groups in total. The van der Waals surface area contributed by atoms with E-state index in [0.29, 0.717) is 18.1 Å². The summed E-state index contributed by atoms with van der Waals surface area (Å²) in [7, 11) is 0. The van der Waals surface area contributed by atoms with E-state index < -0.39 is 0 Å². The van der Waals surface area contributed by atoms with E-state index in [0.717, 1.165) is 13.0 Å². The summed E-state index contributed by atoms with van der Waals surface area (Å²) in [5.74, 6) is 0.688. The van der Waals surface area contributed by atoms with E-state index in [1.165, 1.54) is 6.92 Å². The Hall–Kier alpha value is -1.78. The van der Waals surface area contributed by atoms with Crippen molar-refractivity contribution >= 4 is 17.4 Å². The largest absolute Gasteiger partial charge is 0.396 e. The number of hydrogen-bond acceptors (Lipinski definition) is 4. The molecule has 0 aromatic carbocycles. The summed E-state index contributed by atoms with van der Waals surface area (Å²) in [6, 6.07) is 3.58. The molecular formula is C10H16N4O. The Morgan fingerprint density at radius 3 is 3.00 bits per heavy atom. The predicted octanol–water partition coefficient (Wildman–Crippen LogP) is 0.602. The molecule has 0 saturated heterocycles. The van der Waals surface area contributed by atoms with Crippen LogP contribution in [-0.2, 0) is 4.79 Å². The lowest BCUT2D eigenvalue weighted by Crippen LogP contribution is -2.22. The van der Waals surface area contributed by atoms with Crippen molar-refractivity contribution in [1.82, 2.24) is 10.3 Å². The maximum atomic E-state index is 10.6. The third-order valence-electron chi connectivity index (χ3n) is 1.86. The van der Waals surface area contributed by atoms with Gasteiger partial charge in [-0.2, -0.15) is 0 Å². The number of nitrogens with two attached hydrogens (primary N) is 1. The van der Waals surface area contributed by atoms with Crippen LogP contribution in [0.3, 0.4) is 0 Å². The number of pyridine rings is 1. The lowest BCUT2D eigenvalue weighted by Gasteiger charge is -2.07. The topological polar surface area (TPSA) is 80.0 Å². The van der Waals surface area contributed by atoms with Gasteiger partial charge in [-0.3, -0.25) is 4.79 Å². The van der Waals surface area contributed by atoms with Crippen molar-refractivity contribution in [2.24, 2.45) is 0 Å². The van der Waals surface area contributed by atoms with E-state index in [-0.39, 0.29) is 5.91 Å². The minimum absolute atomic E-state index is 0.00708. The van der Waals surface area contributed by atoms with Crippen molar-refractivity contribution in [2.45, 2.75) is 13.3 Å². The van der Waals surface area contributed by atoms with Gasteiger partial charge in [-0.05, 0) is 18.6 Å². The minimum Gasteiger partial charge on any atom is -0.396 e. The van der Waals surface area contributed by atoms with Gasteiger partial charge in [-0.25, -0.2) is 4.98 Å². The molecule has 5 heteroatoms. The van der Waals surface area contributed by atoms with Gasteiger partial charge in [0.2, 0.25) is 5.91 Å². The summed E-state index contributed by atoms with van der Waals surface area (Å²) in [5.41, 5.74) is 6.32. The first kappa shape index (κ1) is 11.3. The Balaban J connectivity index is 2.21. The number of amides is 1. The lowest BCUT2D eigenvalue weighted by atomic mass is 10.3. The van der Waals surface area contributed by atoms with E-state index in [2.05, 4.69) is 15.6 Å². The molecule has 0 spiro atoms. The van der Waals surface area contributed by atoms with Gasteiger partial charge in [0.05, 0.1) is 5.69 Å². The Bertz CT molecular complexity index is 327. The number of nitrogens with one attached hydrogen (secondary N) is 2. The average molecular weight is 208 g/mol. The van der Waals surface area contributed by atoms with Crippen molar-refractivity contribution in [2.75, 3.05) is 24.1 Å². The Kier molecular flexibility index (Phi) is 4.40. The second kappa shape index (κ2) is 5.85. The van der Waals surface area contributed by atoms with Crippen LogP contribution >= 0.6 is 0 Å². The molecule has 0 aliphatic rings. The quantitative estimate of drug-likeness (QED) is 0.619. The highest BCUT2D eigenvalue weighted by Gasteiger charge is 1.97. The molecule has 0 radical (unpaired) electrons. The van der Waals surface area contributed by atoms with Crippen molar-refractivity contribution in [3.05, 3.63) is 18.3 Å². The van der Waals surface area contributed by atoms with E-state index in [1.807, 2.05) is 0 Å². The molecule has 82 valence electrons. The maximum absolute atomic E-state index is 10.6. The molecule has 1 aromatic rings. The molecule has 1 rings (SSSR count). The Morgan fingerprint density at radius 2 is 2.33 bits per heavy atom. The molecule has 0 fully saturated rings. The molecule has 15 heavy (non-hydrogen) atoms. The highest BCUT2D eigenvalue weighted by atomic mass is 16.1. The number of rotatable bonds is 5. The summed E-state index contributed by atoms with van der Waals surface area (Å²) in [6.07, 6.45) is 2.53. The monoisotopic (exact) mass is 208 g/mol. The maximum Gasteiger partial charge on any atom is 0.216 e. The first-order valence-corrected chi connectivity index (χ1v) is 4.89. The van der Waals surface area contributed by atoms with Crippen molar-refractivity contribution in [3.63, 3.8) is 0 Å². The van der Waals surface area contributed by atoms with E-state index in [4.69, 9.17) is 5.73 Å². The van der Waals surface area contributed by atoms with Gasteiger partial charge in [-0.1, -0.05) is 0 Å². The van der Waals surface area contributed by atoms with Gasteiger partial charge < -0.3 is 16.4 Å². The summed E-state index contributed by atoms with van der Waals surface area (Å²) < 4.78 is 0. The van der Waals surface area contributed by atoms with Gasteiger partial charge in [-0.15, -0.1) is 0 Å². The normalized spacial score (nSPS) is 9.67. The van der Waals surface area contributed by atoms with Gasteiger partial charge in [0, 0.05) is 26.2 Å². The number of anilines is 2. The fourth-order valence-electron chi connectivity index (χ4n) is 1.13. The highest BCUT2D eigenvalue weighted by Crippen LogP contribution is 2.12. The fourth-order valence-corrected chi connectivity index (χ4v) is 1.13. The van der Waals surface area contributed by atoms with Crippen LogP contribution in [0, 0.1) is 0 Å². The van der Waals surface area contributed by atoms with Crippen LogP contribution in [0.4, 0.5) is 11.5 Å². The molecule has 0 unspecified atom stereocenters. The van der Waals surface area contributed by atoms with Crippen LogP contribution in [0.2, 0.25) is 0 Å². The summed E-state index contributed by atoms with van der Waals surface area (Å²) in [4.78, 5) is 14.7. The molecule has 0 saturated carbocycles. The van der Waals surface area contributed by atoms with E-state index in [9.17, 15) is 4.79 Å². The average Bonchev–Trinajstić information content (AvgIpc) is 2.20. The first-order chi connectivity index (χ1) is 7.20. The van der Waals surface area contributed by atoms with Gasteiger partial charge in [0.1, 0.15) is 5.82 Å². The summed E-state index contributed by atoms with van der Waals surface area (Å²) in [5, 5.41) is 5.82. The lowest BCUT2D eigenvalue weighted by molar-refractivity contribution is -0.118. The zero-order valence-corrected chi connectivity index (χ0v) is 8.79. The van der Waals surface area contributed by atoms with E-state index >= 15 is 0 Å². The molecule has 1 aromatic heterocycles. The molecule has 0 aliphatic heterocycles. The molecule has 5 nitrogen and oxygen atoms in total. The minimum atomic E-state index is -0.00708. The van der Waals surface area contributed by atoms with Crippen LogP contribution in [0.25, 0.3) is 0 Å². The van der Waals surface area contributed by atoms with Crippen LogP contribution in [0.15, 0.2) is 18.3 Å². The number of carbonyl (C=O) groups excluding carboxylic acids is 1. The van der Waals surface area contributed by atoms with E-state index in [1.54, 1.807) is 18.3 Å². The van der Waals surface area contributed by atoms with Crippen molar-refractivity contribution in [1.29, 1.82) is 0 Å². The Morgan fingerprint density at radius 1 is 1.53 bits per heavy atom. The highest BCUT2D eigenvalue weighted by molar-refractivity contribution is 5.72. The summed E-state index contributed by atoms with van der Waals surface area (Å²) >= 11 is 0. The third-order valence-corrected chi connectivity index (χ3v) is 1.86. The van der Waals surface area contributed by atoms with Gasteiger partial charge in [0.25, 0.3) is 0 Å². The molecule has 0 bridgehead atoms. The number of nitrogens with zero attached hydrogens (tertiary/aromatic N) is 1. The number of nitrogen functional groups attached to an aromatic ring is 1. The molecule has 0 atom stereocenters. The van der Waals surface area contributed by atoms with Crippen molar-refractivity contribution in [3.8, 4) is 0 Å². The standard InChI is InChI=1S/C10H16N4O/c1-8(15)12-6-3-7-14-10-9(11)4-2-5-13-10/h2,4-5H,3,6-7,11H2,1H3,(H,12,15)(H,13,14). The number of carbonyl (C=O) groups is 1. The van der Waals surface area contributed by atoms with Crippen molar-refractivity contribution < 1.29 is 4.79 Å². The zero-order valence-electron chi connectivity index (χ0n) is 8.79.